The molecule has 1 rings (SSSR count). The predicted octanol–water partition coefficient (Wildman–Crippen LogP) is 6.96. The average molecular weight is 381 g/mol. The molecule has 150 valence electrons. The third-order valence-corrected chi connectivity index (χ3v) is 3.84. The Morgan fingerprint density at radius 2 is 0.929 bits per heavy atom. The summed E-state index contributed by atoms with van der Waals surface area (Å²) in [5.41, 5.74) is 0.310. The fraction of sp³-hybridized carbons (Fsp3) is 0.280. The molecule has 0 aliphatic rings. The number of hydrogen-bond donors (Lipinski definition) is 3. The molecule has 0 saturated carbocycles. The molecule has 0 unspecified atom stereocenters. The van der Waals surface area contributed by atoms with Crippen LogP contribution >= 0.6 is 0 Å². The van der Waals surface area contributed by atoms with Crippen molar-refractivity contribution in [2.45, 2.75) is 45.4 Å². The highest BCUT2D eigenvalue weighted by Gasteiger charge is 2.05. The number of aromatic hydroxyl groups is 3. The van der Waals surface area contributed by atoms with E-state index in [9.17, 15) is 15.3 Å². The Morgan fingerprint density at radius 1 is 0.571 bits per heavy atom. The molecule has 0 atom stereocenters. The quantitative estimate of drug-likeness (QED) is 0.344. The number of allylic oxidation sites excluding steroid dienone is 11. The minimum Gasteiger partial charge on any atom is -0.508 e. The maximum absolute atomic E-state index is 9.70. The summed E-state index contributed by atoms with van der Waals surface area (Å²) in [6, 6.07) is 2.41. The van der Waals surface area contributed by atoms with Crippen LogP contribution in [0.2, 0.25) is 0 Å². The molecule has 28 heavy (non-hydrogen) atoms. The largest absolute Gasteiger partial charge is 0.508 e. The fourth-order valence-electron chi connectivity index (χ4n) is 2.39. The van der Waals surface area contributed by atoms with Gasteiger partial charge in [-0.15, -0.1) is 0 Å². The summed E-state index contributed by atoms with van der Waals surface area (Å²) in [7, 11) is 0. The summed E-state index contributed by atoms with van der Waals surface area (Å²) in [5, 5.41) is 28.7. The molecule has 3 heteroatoms. The first-order valence-corrected chi connectivity index (χ1v) is 9.81. The van der Waals surface area contributed by atoms with E-state index in [4.69, 9.17) is 0 Å². The van der Waals surface area contributed by atoms with E-state index in [1.54, 1.807) is 6.08 Å². The van der Waals surface area contributed by atoms with Crippen LogP contribution in [0, 0.1) is 0 Å². The monoisotopic (exact) mass is 380 g/mol. The lowest BCUT2D eigenvalue weighted by Crippen LogP contribution is -1.77. The normalized spacial score (nSPS) is 12.9. The summed E-state index contributed by atoms with van der Waals surface area (Å²) in [4.78, 5) is 0. The summed E-state index contributed by atoms with van der Waals surface area (Å²) in [6.45, 7) is 2.14. The molecule has 0 aromatic heterocycles. The van der Waals surface area contributed by atoms with E-state index in [1.165, 1.54) is 12.1 Å². The van der Waals surface area contributed by atoms with Gasteiger partial charge in [0.1, 0.15) is 17.2 Å². The van der Waals surface area contributed by atoms with Crippen molar-refractivity contribution in [3.63, 3.8) is 0 Å². The van der Waals surface area contributed by atoms with Crippen molar-refractivity contribution in [2.24, 2.45) is 0 Å². The Hall–Kier alpha value is -2.94. The van der Waals surface area contributed by atoms with Crippen LogP contribution in [0.3, 0.4) is 0 Å². The van der Waals surface area contributed by atoms with Gasteiger partial charge in [0.05, 0.1) is 5.56 Å². The van der Waals surface area contributed by atoms with E-state index >= 15 is 0 Å². The molecule has 0 aliphatic heterocycles. The lowest BCUT2D eigenvalue weighted by molar-refractivity contribution is 0.426. The lowest BCUT2D eigenvalue weighted by atomic mass is 10.1. The molecule has 0 spiro atoms. The van der Waals surface area contributed by atoms with Crippen molar-refractivity contribution in [2.75, 3.05) is 0 Å². The molecule has 3 N–H and O–H groups in total. The molecule has 0 saturated heterocycles. The highest BCUT2D eigenvalue weighted by Crippen LogP contribution is 2.32. The fourth-order valence-corrected chi connectivity index (χ4v) is 2.39. The second-order valence-electron chi connectivity index (χ2n) is 6.24. The van der Waals surface area contributed by atoms with Crippen molar-refractivity contribution in [3.05, 3.63) is 84.5 Å². The summed E-state index contributed by atoms with van der Waals surface area (Å²) in [6.07, 6.45) is 30.6. The van der Waals surface area contributed by atoms with E-state index in [2.05, 4.69) is 61.6 Å². The maximum atomic E-state index is 9.70. The van der Waals surface area contributed by atoms with Gasteiger partial charge < -0.3 is 15.3 Å². The number of benzene rings is 1. The summed E-state index contributed by atoms with van der Waals surface area (Å²) < 4.78 is 0. The summed E-state index contributed by atoms with van der Waals surface area (Å²) >= 11 is 0. The first-order chi connectivity index (χ1) is 13.6. The third kappa shape index (κ3) is 10.9. The van der Waals surface area contributed by atoms with Crippen LogP contribution in [0.1, 0.15) is 51.0 Å². The minimum absolute atomic E-state index is 0.141. The molecule has 1 aromatic carbocycles. The van der Waals surface area contributed by atoms with E-state index in [0.29, 0.717) is 12.0 Å². The molecule has 0 heterocycles. The van der Waals surface area contributed by atoms with E-state index in [1.807, 2.05) is 12.2 Å². The Bertz CT molecular complexity index is 711. The zero-order valence-electron chi connectivity index (χ0n) is 16.7. The standard InChI is InChI=1S/C25H32O3/c1-2-3-4-5-6-7-8-9-10-11-12-13-14-15-16-17-18-19-23-24(27)20-22(26)21-25(23)28/h3-4,6-7,9-10,12-13,15-16,18-21,26-28H,2,5,8,11,14,17H2,1H3. The molecule has 0 aliphatic carbocycles. The molecule has 1 aromatic rings. The number of phenolic OH excluding ortho intramolecular Hbond substituents is 3. The first-order valence-electron chi connectivity index (χ1n) is 9.81. The van der Waals surface area contributed by atoms with Gasteiger partial charge in [-0.05, 0) is 38.5 Å². The summed E-state index contributed by atoms with van der Waals surface area (Å²) in [5.74, 6) is -0.444. The van der Waals surface area contributed by atoms with Gasteiger partial charge in [0.25, 0.3) is 0 Å². The Kier molecular flexibility index (Phi) is 12.5. The topological polar surface area (TPSA) is 60.7 Å². The van der Waals surface area contributed by atoms with Crippen LogP contribution in [0.4, 0.5) is 0 Å². The molecule has 0 fully saturated rings. The van der Waals surface area contributed by atoms with E-state index < -0.39 is 0 Å². The van der Waals surface area contributed by atoms with Gasteiger partial charge in [-0.1, -0.05) is 79.8 Å². The van der Waals surface area contributed by atoms with Gasteiger partial charge in [0.2, 0.25) is 0 Å². The second kappa shape index (κ2) is 15.2. The highest BCUT2D eigenvalue weighted by molar-refractivity contribution is 5.65. The van der Waals surface area contributed by atoms with Gasteiger partial charge in [-0.25, -0.2) is 0 Å². The van der Waals surface area contributed by atoms with Gasteiger partial charge in [0.15, 0.2) is 0 Å². The highest BCUT2D eigenvalue weighted by atomic mass is 16.3. The zero-order valence-corrected chi connectivity index (χ0v) is 16.7. The maximum Gasteiger partial charge on any atom is 0.130 e. The average Bonchev–Trinajstić information content (AvgIpc) is 2.66. The van der Waals surface area contributed by atoms with E-state index in [-0.39, 0.29) is 17.2 Å². The first kappa shape index (κ1) is 23.1. The van der Waals surface area contributed by atoms with Crippen molar-refractivity contribution in [1.82, 2.24) is 0 Å². The van der Waals surface area contributed by atoms with Crippen LogP contribution in [-0.2, 0) is 0 Å². The lowest BCUT2D eigenvalue weighted by Gasteiger charge is -2.03. The van der Waals surface area contributed by atoms with Crippen LogP contribution in [0.25, 0.3) is 6.08 Å². The smallest absolute Gasteiger partial charge is 0.130 e. The van der Waals surface area contributed by atoms with Gasteiger partial charge in [-0.2, -0.15) is 0 Å². The van der Waals surface area contributed by atoms with Gasteiger partial charge in [-0.3, -0.25) is 0 Å². The third-order valence-electron chi connectivity index (χ3n) is 3.84. The van der Waals surface area contributed by atoms with Gasteiger partial charge >= 0.3 is 0 Å². The van der Waals surface area contributed by atoms with Crippen LogP contribution in [0.5, 0.6) is 17.2 Å². The minimum atomic E-state index is -0.162. The van der Waals surface area contributed by atoms with Crippen molar-refractivity contribution < 1.29 is 15.3 Å². The Labute approximate surface area is 169 Å². The van der Waals surface area contributed by atoms with E-state index in [0.717, 1.165) is 32.1 Å². The Morgan fingerprint density at radius 3 is 1.32 bits per heavy atom. The number of phenols is 3. The second-order valence-corrected chi connectivity index (χ2v) is 6.24. The van der Waals surface area contributed by atoms with Crippen molar-refractivity contribution >= 4 is 6.08 Å². The number of rotatable bonds is 12. The SMILES string of the molecule is CCC=CCC=CCC=CCC=CCC=CCC=Cc1c(O)cc(O)cc1O. The van der Waals surface area contributed by atoms with Crippen molar-refractivity contribution in [1.29, 1.82) is 0 Å². The van der Waals surface area contributed by atoms with Crippen LogP contribution in [0.15, 0.2) is 79.0 Å². The number of hydrogen-bond acceptors (Lipinski definition) is 3. The molecular formula is C25H32O3. The Balaban J connectivity index is 2.16. The molecule has 0 amide bonds. The molecule has 0 radical (unpaired) electrons. The molecule has 0 bridgehead atoms. The predicted molar refractivity (Wildman–Crippen MR) is 120 cm³/mol. The van der Waals surface area contributed by atoms with Crippen molar-refractivity contribution in [3.8, 4) is 17.2 Å². The van der Waals surface area contributed by atoms with Gasteiger partial charge in [0, 0.05) is 12.1 Å². The molecular weight excluding hydrogens is 348 g/mol. The zero-order chi connectivity index (χ0) is 20.5. The van der Waals surface area contributed by atoms with Crippen LogP contribution < -0.4 is 0 Å². The molecule has 3 nitrogen and oxygen atoms in total. The van der Waals surface area contributed by atoms with Crippen LogP contribution in [-0.4, -0.2) is 15.3 Å².